The molecule has 0 aliphatic carbocycles. The molecule has 1 aromatic rings. The molecule has 4 nitrogen and oxygen atoms in total. The zero-order chi connectivity index (χ0) is 16.4. The molecule has 4 heteroatoms. The Morgan fingerprint density at radius 3 is 2.32 bits per heavy atom. The molecule has 0 aliphatic heterocycles. The molecule has 2 amide bonds. The van der Waals surface area contributed by atoms with Gasteiger partial charge in [0.15, 0.2) is 0 Å². The topological polar surface area (TPSA) is 49.4 Å². The number of carbonyl (C=O) groups is 2. The molecule has 0 heterocycles. The minimum atomic E-state index is -0.397. The minimum absolute atomic E-state index is 0.0462. The second kappa shape index (κ2) is 9.98. The van der Waals surface area contributed by atoms with Crippen molar-refractivity contribution in [2.75, 3.05) is 6.54 Å². The Labute approximate surface area is 133 Å². The third kappa shape index (κ3) is 5.51. The van der Waals surface area contributed by atoms with Crippen molar-refractivity contribution in [1.82, 2.24) is 10.2 Å². The molecule has 0 saturated carbocycles. The summed E-state index contributed by atoms with van der Waals surface area (Å²) in [5.41, 5.74) is 1.05. The van der Waals surface area contributed by atoms with Gasteiger partial charge in [-0.2, -0.15) is 0 Å². The highest BCUT2D eigenvalue weighted by Crippen LogP contribution is 2.14. The molecule has 0 radical (unpaired) electrons. The zero-order valence-corrected chi connectivity index (χ0v) is 14.0. The van der Waals surface area contributed by atoms with E-state index < -0.39 is 6.04 Å². The van der Waals surface area contributed by atoms with Crippen LogP contribution in [0.1, 0.15) is 52.0 Å². The van der Waals surface area contributed by atoms with Crippen LogP contribution < -0.4 is 5.32 Å². The maximum Gasteiger partial charge on any atom is 0.242 e. The van der Waals surface area contributed by atoms with E-state index in [1.54, 1.807) is 4.90 Å². The molecular weight excluding hydrogens is 276 g/mol. The minimum Gasteiger partial charge on any atom is -0.354 e. The number of hydrogen-bond acceptors (Lipinski definition) is 2. The summed E-state index contributed by atoms with van der Waals surface area (Å²) in [6.07, 6.45) is 2.78. The number of hydrogen-bond donors (Lipinski definition) is 1. The highest BCUT2D eigenvalue weighted by Gasteiger charge is 2.27. The SMILES string of the molecule is CCCNC(=O)[C@@H](CC)N(Cc1ccccc1)C(=O)CCC. The average Bonchev–Trinajstić information content (AvgIpc) is 2.53. The fourth-order valence-corrected chi connectivity index (χ4v) is 2.42. The van der Waals surface area contributed by atoms with E-state index in [1.165, 1.54) is 0 Å². The Hall–Kier alpha value is -1.84. The van der Waals surface area contributed by atoms with Crippen LogP contribution in [0.5, 0.6) is 0 Å². The predicted octanol–water partition coefficient (Wildman–Crippen LogP) is 3.12. The van der Waals surface area contributed by atoms with Crippen molar-refractivity contribution in [3.63, 3.8) is 0 Å². The van der Waals surface area contributed by atoms with Crippen molar-refractivity contribution >= 4 is 11.8 Å². The molecule has 1 N–H and O–H groups in total. The van der Waals surface area contributed by atoms with Gasteiger partial charge in [-0.15, -0.1) is 0 Å². The van der Waals surface area contributed by atoms with Crippen LogP contribution in [0, 0.1) is 0 Å². The van der Waals surface area contributed by atoms with Crippen LogP contribution in [0.25, 0.3) is 0 Å². The molecule has 1 aromatic carbocycles. The molecule has 0 aromatic heterocycles. The predicted molar refractivity (Wildman–Crippen MR) is 89.3 cm³/mol. The number of nitrogens with zero attached hydrogens (tertiary/aromatic N) is 1. The van der Waals surface area contributed by atoms with Gasteiger partial charge in [-0.1, -0.05) is 51.1 Å². The zero-order valence-electron chi connectivity index (χ0n) is 14.0. The van der Waals surface area contributed by atoms with Crippen molar-refractivity contribution in [1.29, 1.82) is 0 Å². The van der Waals surface area contributed by atoms with Crippen molar-refractivity contribution in [3.05, 3.63) is 35.9 Å². The lowest BCUT2D eigenvalue weighted by Crippen LogP contribution is -2.49. The fourth-order valence-electron chi connectivity index (χ4n) is 2.42. The monoisotopic (exact) mass is 304 g/mol. The summed E-state index contributed by atoms with van der Waals surface area (Å²) in [5, 5.41) is 2.91. The number of carbonyl (C=O) groups excluding carboxylic acids is 2. The van der Waals surface area contributed by atoms with Gasteiger partial charge in [0.1, 0.15) is 6.04 Å². The largest absolute Gasteiger partial charge is 0.354 e. The van der Waals surface area contributed by atoms with Crippen LogP contribution in [0.15, 0.2) is 30.3 Å². The summed E-state index contributed by atoms with van der Waals surface area (Å²) in [6, 6.07) is 9.44. The Morgan fingerprint density at radius 2 is 1.77 bits per heavy atom. The Bertz CT molecular complexity index is 459. The van der Waals surface area contributed by atoms with Gasteiger partial charge in [0.05, 0.1) is 0 Å². The van der Waals surface area contributed by atoms with Crippen molar-refractivity contribution in [2.45, 2.75) is 59.0 Å². The van der Waals surface area contributed by atoms with Gasteiger partial charge in [0, 0.05) is 19.5 Å². The van der Waals surface area contributed by atoms with Gasteiger partial charge in [-0.05, 0) is 24.8 Å². The van der Waals surface area contributed by atoms with Gasteiger partial charge in [0.25, 0.3) is 0 Å². The first-order valence-corrected chi connectivity index (χ1v) is 8.25. The standard InChI is InChI=1S/C18H28N2O2/c1-4-10-17(21)20(14-15-11-8-7-9-12-15)16(6-3)18(22)19-13-5-2/h7-9,11-12,16H,4-6,10,13-14H2,1-3H3,(H,19,22)/t16-/m1/s1. The number of amides is 2. The maximum atomic E-state index is 12.5. The number of nitrogens with one attached hydrogen (secondary N) is 1. The lowest BCUT2D eigenvalue weighted by atomic mass is 10.1. The summed E-state index contributed by atoms with van der Waals surface area (Å²) in [5.74, 6) is -0.00501. The van der Waals surface area contributed by atoms with E-state index >= 15 is 0 Å². The van der Waals surface area contributed by atoms with Crippen LogP contribution in [-0.2, 0) is 16.1 Å². The second-order valence-electron chi connectivity index (χ2n) is 5.47. The number of rotatable bonds is 9. The lowest BCUT2D eigenvalue weighted by molar-refractivity contribution is -0.141. The second-order valence-corrected chi connectivity index (χ2v) is 5.47. The van der Waals surface area contributed by atoms with Gasteiger partial charge in [0.2, 0.25) is 11.8 Å². The van der Waals surface area contributed by atoms with Crippen LogP contribution in [0.3, 0.4) is 0 Å². The van der Waals surface area contributed by atoms with E-state index in [2.05, 4.69) is 5.32 Å². The first kappa shape index (κ1) is 18.2. The maximum absolute atomic E-state index is 12.5. The highest BCUT2D eigenvalue weighted by molar-refractivity contribution is 5.87. The van der Waals surface area contributed by atoms with E-state index in [9.17, 15) is 9.59 Å². The summed E-state index contributed by atoms with van der Waals surface area (Å²) in [7, 11) is 0. The molecular formula is C18H28N2O2. The van der Waals surface area contributed by atoms with Crippen LogP contribution >= 0.6 is 0 Å². The molecule has 0 fully saturated rings. The molecule has 22 heavy (non-hydrogen) atoms. The van der Waals surface area contributed by atoms with Crippen molar-refractivity contribution in [3.8, 4) is 0 Å². The van der Waals surface area contributed by atoms with Gasteiger partial charge in [-0.3, -0.25) is 9.59 Å². The molecule has 0 aliphatic rings. The highest BCUT2D eigenvalue weighted by atomic mass is 16.2. The molecule has 0 saturated heterocycles. The summed E-state index contributed by atoms with van der Waals surface area (Å²) < 4.78 is 0. The van der Waals surface area contributed by atoms with Gasteiger partial charge in [-0.25, -0.2) is 0 Å². The van der Waals surface area contributed by atoms with Crippen LogP contribution in [0.4, 0.5) is 0 Å². The smallest absolute Gasteiger partial charge is 0.242 e. The van der Waals surface area contributed by atoms with Crippen molar-refractivity contribution < 1.29 is 9.59 Å². The molecule has 0 unspecified atom stereocenters. The fraction of sp³-hybridized carbons (Fsp3) is 0.556. The third-order valence-electron chi connectivity index (χ3n) is 3.59. The van der Waals surface area contributed by atoms with E-state index in [0.29, 0.717) is 25.9 Å². The van der Waals surface area contributed by atoms with Crippen LogP contribution in [0.2, 0.25) is 0 Å². The lowest BCUT2D eigenvalue weighted by Gasteiger charge is -2.30. The molecule has 1 atom stereocenters. The van der Waals surface area contributed by atoms with E-state index in [-0.39, 0.29) is 11.8 Å². The quantitative estimate of drug-likeness (QED) is 0.762. The first-order valence-electron chi connectivity index (χ1n) is 8.25. The van der Waals surface area contributed by atoms with Crippen molar-refractivity contribution in [2.24, 2.45) is 0 Å². The third-order valence-corrected chi connectivity index (χ3v) is 3.59. The normalized spacial score (nSPS) is 11.8. The van der Waals surface area contributed by atoms with E-state index in [1.807, 2.05) is 51.1 Å². The Kier molecular flexibility index (Phi) is 8.26. The van der Waals surface area contributed by atoms with E-state index in [0.717, 1.165) is 18.4 Å². The summed E-state index contributed by atoms with van der Waals surface area (Å²) >= 11 is 0. The molecule has 0 bridgehead atoms. The summed E-state index contributed by atoms with van der Waals surface area (Å²) in [6.45, 7) is 7.09. The average molecular weight is 304 g/mol. The molecule has 122 valence electrons. The number of benzene rings is 1. The van der Waals surface area contributed by atoms with E-state index in [4.69, 9.17) is 0 Å². The van der Waals surface area contributed by atoms with Gasteiger partial charge >= 0.3 is 0 Å². The van der Waals surface area contributed by atoms with Crippen LogP contribution in [-0.4, -0.2) is 29.3 Å². The summed E-state index contributed by atoms with van der Waals surface area (Å²) in [4.78, 5) is 26.6. The molecule has 1 rings (SSSR count). The molecule has 0 spiro atoms. The Balaban J connectivity index is 2.91. The first-order chi connectivity index (χ1) is 10.6. The van der Waals surface area contributed by atoms with Gasteiger partial charge < -0.3 is 10.2 Å². The Morgan fingerprint density at radius 1 is 1.09 bits per heavy atom.